The molecule has 0 unspecified atom stereocenters. The fraction of sp³-hybridized carbons (Fsp3) is 0.412. The molecule has 0 amide bonds. The first-order chi connectivity index (χ1) is 20.0. The first-order valence-corrected chi connectivity index (χ1v) is 15.2. The summed E-state index contributed by atoms with van der Waals surface area (Å²) in [6.07, 6.45) is 10.1. The van der Waals surface area contributed by atoms with E-state index in [4.69, 9.17) is 21.7 Å². The molecule has 1 atom stereocenters. The zero-order valence-corrected chi connectivity index (χ0v) is 25.7. The van der Waals surface area contributed by atoms with Gasteiger partial charge in [0.25, 0.3) is 5.56 Å². The second-order valence-corrected chi connectivity index (χ2v) is 14.2. The van der Waals surface area contributed by atoms with Crippen LogP contribution in [0.5, 0.6) is 0 Å². The molecule has 42 heavy (non-hydrogen) atoms. The van der Waals surface area contributed by atoms with Crippen molar-refractivity contribution in [2.75, 3.05) is 11.9 Å². The van der Waals surface area contributed by atoms with Gasteiger partial charge >= 0.3 is 0 Å². The molecule has 8 rings (SSSR count). The first kappa shape index (κ1) is 27.1. The van der Waals surface area contributed by atoms with Crippen molar-refractivity contribution in [3.05, 3.63) is 92.7 Å². The molecule has 0 spiro atoms. The smallest absolute Gasteiger partial charge is 0.258 e. The monoisotopic (exact) mass is 580 g/mol. The molecule has 0 radical (unpaired) electrons. The second-order valence-electron chi connectivity index (χ2n) is 13.8. The molecule has 1 N–H and O–H groups in total. The number of aryl methyl sites for hydroxylation is 2. The SMILES string of the molecule is Cc1cnc2c(Cl)cc(C[C@H](c3cn(C45CC(C4)C5)nn3)c3cccc4c(=O)n(C)ccc34)cc2c1NCC(C)(C)C. The molecule has 2 aromatic carbocycles. The molecule has 216 valence electrons. The Morgan fingerprint density at radius 3 is 2.62 bits per heavy atom. The van der Waals surface area contributed by atoms with Gasteiger partial charge in [0.05, 0.1) is 21.8 Å². The van der Waals surface area contributed by atoms with Crippen molar-refractivity contribution in [2.45, 2.75) is 64.8 Å². The van der Waals surface area contributed by atoms with Crippen LogP contribution >= 0.6 is 11.6 Å². The van der Waals surface area contributed by atoms with Crippen molar-refractivity contribution in [2.24, 2.45) is 18.4 Å². The molecule has 7 nitrogen and oxygen atoms in total. The summed E-state index contributed by atoms with van der Waals surface area (Å²) in [5, 5.41) is 16.4. The number of halogens is 1. The van der Waals surface area contributed by atoms with Crippen molar-refractivity contribution < 1.29 is 0 Å². The van der Waals surface area contributed by atoms with Gasteiger partial charge in [0.15, 0.2) is 0 Å². The third kappa shape index (κ3) is 4.49. The van der Waals surface area contributed by atoms with Crippen LogP contribution in [0.1, 0.15) is 68.3 Å². The summed E-state index contributed by atoms with van der Waals surface area (Å²) in [4.78, 5) is 17.8. The average Bonchev–Trinajstić information content (AvgIpc) is 3.35. The molecule has 3 heterocycles. The summed E-state index contributed by atoms with van der Waals surface area (Å²) < 4.78 is 3.74. The van der Waals surface area contributed by atoms with Gasteiger partial charge in [-0.05, 0) is 90.3 Å². The van der Waals surface area contributed by atoms with Crippen LogP contribution in [-0.4, -0.2) is 31.1 Å². The quantitative estimate of drug-likeness (QED) is 0.225. The van der Waals surface area contributed by atoms with E-state index in [2.05, 4.69) is 61.2 Å². The van der Waals surface area contributed by atoms with E-state index < -0.39 is 0 Å². The molecular formula is C34H37ClN6O. The molecule has 3 fully saturated rings. The lowest BCUT2D eigenvalue weighted by molar-refractivity contribution is -0.0989. The highest BCUT2D eigenvalue weighted by atomic mass is 35.5. The van der Waals surface area contributed by atoms with E-state index in [1.165, 1.54) is 19.3 Å². The Kier molecular flexibility index (Phi) is 6.24. The van der Waals surface area contributed by atoms with Crippen LogP contribution in [0.25, 0.3) is 21.7 Å². The van der Waals surface area contributed by atoms with Gasteiger partial charge in [0, 0.05) is 54.6 Å². The lowest BCUT2D eigenvalue weighted by Crippen LogP contribution is -2.59. The summed E-state index contributed by atoms with van der Waals surface area (Å²) in [6.45, 7) is 9.58. The molecule has 2 bridgehead atoms. The number of benzene rings is 2. The summed E-state index contributed by atoms with van der Waals surface area (Å²) >= 11 is 6.91. The van der Waals surface area contributed by atoms with Gasteiger partial charge in [-0.2, -0.15) is 0 Å². The normalized spacial score (nSPS) is 20.4. The fourth-order valence-electron chi connectivity index (χ4n) is 6.82. The van der Waals surface area contributed by atoms with Gasteiger partial charge in [0.1, 0.15) is 0 Å². The van der Waals surface area contributed by atoms with Crippen LogP contribution in [0.15, 0.2) is 59.8 Å². The lowest BCUT2D eigenvalue weighted by Gasteiger charge is -2.61. The average molecular weight is 581 g/mol. The van der Waals surface area contributed by atoms with Crippen molar-refractivity contribution in [3.8, 4) is 0 Å². The highest BCUT2D eigenvalue weighted by Gasteiger charge is 2.58. The largest absolute Gasteiger partial charge is 0.384 e. The summed E-state index contributed by atoms with van der Waals surface area (Å²) in [6, 6.07) is 12.3. The number of nitrogens with zero attached hydrogens (tertiary/aromatic N) is 5. The maximum atomic E-state index is 13.1. The van der Waals surface area contributed by atoms with Crippen molar-refractivity contribution >= 4 is 39.0 Å². The topological polar surface area (TPSA) is 77.6 Å². The van der Waals surface area contributed by atoms with Gasteiger partial charge in [-0.15, -0.1) is 5.10 Å². The minimum atomic E-state index is -0.112. The van der Waals surface area contributed by atoms with Gasteiger partial charge in [-0.25, -0.2) is 4.68 Å². The fourth-order valence-corrected chi connectivity index (χ4v) is 7.11. The van der Waals surface area contributed by atoms with E-state index in [-0.39, 0.29) is 22.4 Å². The predicted octanol–water partition coefficient (Wildman–Crippen LogP) is 6.98. The van der Waals surface area contributed by atoms with Crippen molar-refractivity contribution in [1.82, 2.24) is 24.5 Å². The molecule has 0 saturated heterocycles. The molecule has 3 saturated carbocycles. The highest BCUT2D eigenvalue weighted by molar-refractivity contribution is 6.35. The Morgan fingerprint density at radius 1 is 1.12 bits per heavy atom. The van der Waals surface area contributed by atoms with E-state index in [0.717, 1.165) is 56.8 Å². The zero-order valence-electron chi connectivity index (χ0n) is 24.9. The van der Waals surface area contributed by atoms with E-state index in [1.807, 2.05) is 36.7 Å². The van der Waals surface area contributed by atoms with Crippen LogP contribution in [-0.2, 0) is 19.0 Å². The maximum absolute atomic E-state index is 13.1. The van der Waals surface area contributed by atoms with Crippen LogP contribution < -0.4 is 10.9 Å². The van der Waals surface area contributed by atoms with Crippen molar-refractivity contribution in [3.63, 3.8) is 0 Å². The van der Waals surface area contributed by atoms with E-state index in [1.54, 1.807) is 11.6 Å². The van der Waals surface area contributed by atoms with Gasteiger partial charge in [-0.1, -0.05) is 49.7 Å². The molecule has 3 aliphatic carbocycles. The molecule has 8 heteroatoms. The highest BCUT2D eigenvalue weighted by Crippen LogP contribution is 2.62. The lowest BCUT2D eigenvalue weighted by atomic mass is 9.50. The summed E-state index contributed by atoms with van der Waals surface area (Å²) in [7, 11) is 1.79. The predicted molar refractivity (Wildman–Crippen MR) is 170 cm³/mol. The summed E-state index contributed by atoms with van der Waals surface area (Å²) in [5.74, 6) is 0.736. The van der Waals surface area contributed by atoms with Gasteiger partial charge in [-0.3, -0.25) is 9.78 Å². The zero-order chi connectivity index (χ0) is 29.4. The third-order valence-corrected chi connectivity index (χ3v) is 9.59. The van der Waals surface area contributed by atoms with E-state index >= 15 is 0 Å². The Hall–Kier alpha value is -3.71. The number of aromatic nitrogens is 5. The molecule has 3 aromatic heterocycles. The van der Waals surface area contributed by atoms with Crippen LogP contribution in [0.4, 0.5) is 5.69 Å². The van der Waals surface area contributed by atoms with Crippen LogP contribution in [0.3, 0.4) is 0 Å². The van der Waals surface area contributed by atoms with Crippen LogP contribution in [0.2, 0.25) is 5.02 Å². The van der Waals surface area contributed by atoms with Crippen LogP contribution in [0, 0.1) is 18.3 Å². The standard InChI is InChI=1S/C34H37ClN6O/c1-20-17-36-31-27(30(20)37-19-33(2,3)4)12-21(13-28(31)35)11-26(29-18-41(39-38-29)34-14-22(15-34)16-34)23-7-6-8-25-24(23)9-10-40(5)32(25)42/h6-10,12-13,17-18,22,26H,11,14-16,19H2,1-5H3,(H,36,37)/t22?,26-,34?/m0/s1. The molecule has 3 aliphatic rings. The number of hydrogen-bond acceptors (Lipinski definition) is 5. The Balaban J connectivity index is 1.35. The minimum Gasteiger partial charge on any atom is -0.384 e. The maximum Gasteiger partial charge on any atom is 0.258 e. The second kappa shape index (κ2) is 9.66. The van der Waals surface area contributed by atoms with E-state index in [0.29, 0.717) is 16.8 Å². The Labute approximate surface area is 250 Å². The number of anilines is 1. The Morgan fingerprint density at radius 2 is 1.90 bits per heavy atom. The third-order valence-electron chi connectivity index (χ3n) is 9.30. The van der Waals surface area contributed by atoms with Crippen molar-refractivity contribution in [1.29, 1.82) is 0 Å². The van der Waals surface area contributed by atoms with Gasteiger partial charge < -0.3 is 9.88 Å². The molecule has 5 aromatic rings. The number of rotatable bonds is 7. The number of hydrogen-bond donors (Lipinski definition) is 1. The summed E-state index contributed by atoms with van der Waals surface area (Å²) in [5.41, 5.74) is 6.28. The molecule has 0 aliphatic heterocycles. The number of pyridine rings is 2. The van der Waals surface area contributed by atoms with E-state index in [9.17, 15) is 4.79 Å². The molecular weight excluding hydrogens is 544 g/mol. The Bertz CT molecular complexity index is 1900. The number of fused-ring (bicyclic) bond motifs is 2. The van der Waals surface area contributed by atoms with Gasteiger partial charge in [0.2, 0.25) is 0 Å². The minimum absolute atomic E-state index is 0.00418. The first-order valence-electron chi connectivity index (χ1n) is 14.8. The number of nitrogens with one attached hydrogen (secondary N) is 1.